The molecule has 1 atom stereocenters. The summed E-state index contributed by atoms with van der Waals surface area (Å²) in [5, 5.41) is 18.4. The summed E-state index contributed by atoms with van der Waals surface area (Å²) >= 11 is 0. The van der Waals surface area contributed by atoms with E-state index in [9.17, 15) is 9.59 Å². The molecule has 0 aromatic carbocycles. The van der Waals surface area contributed by atoms with Gasteiger partial charge in [0.2, 0.25) is 0 Å². The van der Waals surface area contributed by atoms with Gasteiger partial charge < -0.3 is 15.7 Å². The Hall–Kier alpha value is -2.05. The molecular weight excluding hydrogens is 272 g/mol. The number of carbonyl (C=O) groups excluding carboxylic acids is 1. The van der Waals surface area contributed by atoms with Crippen molar-refractivity contribution >= 4 is 12.0 Å². The average Bonchev–Trinajstić information content (AvgIpc) is 2.88. The molecule has 0 bridgehead atoms. The number of hydrogen-bond donors (Lipinski definition) is 3. The number of hydrogen-bond acceptors (Lipinski definition) is 3. The number of nitrogens with zero attached hydrogens (tertiary/aromatic N) is 2. The zero-order valence-corrected chi connectivity index (χ0v) is 12.6. The normalized spacial score (nSPS) is 12.1. The SMILES string of the molecule is CC(C)CC(CNC(=O)NCCn1cccn1)CC(=O)O. The second kappa shape index (κ2) is 8.99. The first-order valence-corrected chi connectivity index (χ1v) is 7.18. The van der Waals surface area contributed by atoms with Gasteiger partial charge in [-0.05, 0) is 24.3 Å². The lowest BCUT2D eigenvalue weighted by molar-refractivity contribution is -0.138. The van der Waals surface area contributed by atoms with E-state index in [1.165, 1.54) is 0 Å². The van der Waals surface area contributed by atoms with Crippen LogP contribution in [-0.4, -0.2) is 40.0 Å². The van der Waals surface area contributed by atoms with E-state index in [4.69, 9.17) is 5.11 Å². The van der Waals surface area contributed by atoms with Crippen LogP contribution < -0.4 is 10.6 Å². The number of amides is 2. The minimum atomic E-state index is -0.832. The molecule has 0 saturated carbocycles. The van der Waals surface area contributed by atoms with Gasteiger partial charge in [0.05, 0.1) is 6.54 Å². The standard InChI is InChI=1S/C14H24N4O3/c1-11(2)8-12(9-13(19)20)10-16-14(21)15-5-7-18-6-3-4-17-18/h3-4,6,11-12H,5,7-10H2,1-2H3,(H,19,20)(H2,15,16,21). The van der Waals surface area contributed by atoms with Gasteiger partial charge in [-0.1, -0.05) is 13.8 Å². The molecule has 21 heavy (non-hydrogen) atoms. The van der Waals surface area contributed by atoms with E-state index in [0.717, 1.165) is 6.42 Å². The van der Waals surface area contributed by atoms with Crippen LogP contribution in [0.1, 0.15) is 26.7 Å². The molecular formula is C14H24N4O3. The molecule has 0 aliphatic heterocycles. The van der Waals surface area contributed by atoms with Crippen molar-refractivity contribution in [2.75, 3.05) is 13.1 Å². The van der Waals surface area contributed by atoms with Crippen LogP contribution in [0.15, 0.2) is 18.5 Å². The molecule has 1 rings (SSSR count). The highest BCUT2D eigenvalue weighted by Crippen LogP contribution is 2.14. The van der Waals surface area contributed by atoms with E-state index in [2.05, 4.69) is 15.7 Å². The van der Waals surface area contributed by atoms with Crippen molar-refractivity contribution in [3.8, 4) is 0 Å². The van der Waals surface area contributed by atoms with Crippen molar-refractivity contribution in [2.24, 2.45) is 11.8 Å². The molecule has 2 amide bonds. The van der Waals surface area contributed by atoms with Gasteiger partial charge in [0.15, 0.2) is 0 Å². The molecule has 0 spiro atoms. The molecule has 1 aromatic heterocycles. The van der Waals surface area contributed by atoms with Crippen molar-refractivity contribution in [1.29, 1.82) is 0 Å². The van der Waals surface area contributed by atoms with E-state index >= 15 is 0 Å². The Kier molecular flexibility index (Phi) is 7.28. The highest BCUT2D eigenvalue weighted by atomic mass is 16.4. The van der Waals surface area contributed by atoms with Gasteiger partial charge >= 0.3 is 12.0 Å². The molecule has 0 saturated heterocycles. The maximum Gasteiger partial charge on any atom is 0.314 e. The predicted molar refractivity (Wildman–Crippen MR) is 78.8 cm³/mol. The Bertz CT molecular complexity index is 431. The van der Waals surface area contributed by atoms with Crippen LogP contribution in [0.25, 0.3) is 0 Å². The molecule has 7 heteroatoms. The fourth-order valence-electron chi connectivity index (χ4n) is 2.17. The first kappa shape index (κ1) is 17.0. The molecule has 0 aliphatic carbocycles. The summed E-state index contributed by atoms with van der Waals surface area (Å²) in [6.45, 7) is 5.53. The maximum atomic E-state index is 11.6. The number of carboxylic acids is 1. The van der Waals surface area contributed by atoms with Crippen molar-refractivity contribution < 1.29 is 14.7 Å². The molecule has 1 heterocycles. The summed E-state index contributed by atoms with van der Waals surface area (Å²) in [5.41, 5.74) is 0. The van der Waals surface area contributed by atoms with Crippen LogP contribution in [-0.2, 0) is 11.3 Å². The lowest BCUT2D eigenvalue weighted by atomic mass is 9.94. The van der Waals surface area contributed by atoms with Gasteiger partial charge in [0.1, 0.15) is 0 Å². The van der Waals surface area contributed by atoms with Crippen molar-refractivity contribution in [3.63, 3.8) is 0 Å². The monoisotopic (exact) mass is 296 g/mol. The van der Waals surface area contributed by atoms with Gasteiger partial charge in [-0.2, -0.15) is 5.10 Å². The van der Waals surface area contributed by atoms with Crippen molar-refractivity contribution in [1.82, 2.24) is 20.4 Å². The number of urea groups is 1. The van der Waals surface area contributed by atoms with Crippen molar-refractivity contribution in [2.45, 2.75) is 33.2 Å². The van der Waals surface area contributed by atoms with Gasteiger partial charge in [-0.15, -0.1) is 0 Å². The minimum Gasteiger partial charge on any atom is -0.481 e. The molecule has 0 fully saturated rings. The third kappa shape index (κ3) is 7.96. The zero-order chi connectivity index (χ0) is 15.7. The molecule has 0 radical (unpaired) electrons. The Balaban J connectivity index is 2.23. The Morgan fingerprint density at radius 2 is 2.10 bits per heavy atom. The zero-order valence-electron chi connectivity index (χ0n) is 12.6. The van der Waals surface area contributed by atoms with Crippen LogP contribution in [0.3, 0.4) is 0 Å². The molecule has 1 unspecified atom stereocenters. The molecule has 118 valence electrons. The third-order valence-corrected chi connectivity index (χ3v) is 3.00. The highest BCUT2D eigenvalue weighted by molar-refractivity contribution is 5.74. The van der Waals surface area contributed by atoms with Crippen LogP contribution in [0.4, 0.5) is 4.79 Å². The lowest BCUT2D eigenvalue weighted by Gasteiger charge is -2.18. The predicted octanol–water partition coefficient (Wildman–Crippen LogP) is 1.32. The Morgan fingerprint density at radius 1 is 1.33 bits per heavy atom. The van der Waals surface area contributed by atoms with Crippen LogP contribution >= 0.6 is 0 Å². The molecule has 7 nitrogen and oxygen atoms in total. The number of carbonyl (C=O) groups is 2. The topological polar surface area (TPSA) is 96.3 Å². The van der Waals surface area contributed by atoms with Crippen LogP contribution in [0.2, 0.25) is 0 Å². The molecule has 3 N–H and O–H groups in total. The van der Waals surface area contributed by atoms with Gasteiger partial charge in [-0.3, -0.25) is 9.48 Å². The number of rotatable bonds is 9. The fourth-order valence-corrected chi connectivity index (χ4v) is 2.17. The Labute approximate surface area is 124 Å². The van der Waals surface area contributed by atoms with Gasteiger partial charge in [0.25, 0.3) is 0 Å². The van der Waals surface area contributed by atoms with E-state index in [0.29, 0.717) is 25.6 Å². The van der Waals surface area contributed by atoms with Gasteiger partial charge in [0, 0.05) is 31.9 Å². The fraction of sp³-hybridized carbons (Fsp3) is 0.643. The summed E-state index contributed by atoms with van der Waals surface area (Å²) in [6.07, 6.45) is 4.36. The quantitative estimate of drug-likeness (QED) is 0.640. The average molecular weight is 296 g/mol. The largest absolute Gasteiger partial charge is 0.481 e. The van der Waals surface area contributed by atoms with Crippen LogP contribution in [0.5, 0.6) is 0 Å². The maximum absolute atomic E-state index is 11.6. The number of aromatic nitrogens is 2. The molecule has 0 aliphatic rings. The smallest absolute Gasteiger partial charge is 0.314 e. The molecule has 1 aromatic rings. The van der Waals surface area contributed by atoms with Crippen LogP contribution in [0, 0.1) is 11.8 Å². The number of aliphatic carboxylic acids is 1. The summed E-state index contributed by atoms with van der Waals surface area (Å²) < 4.78 is 1.73. The van der Waals surface area contributed by atoms with E-state index < -0.39 is 5.97 Å². The first-order valence-electron chi connectivity index (χ1n) is 7.18. The first-order chi connectivity index (χ1) is 9.97. The summed E-state index contributed by atoms with van der Waals surface area (Å²) in [6, 6.07) is 1.55. The van der Waals surface area contributed by atoms with E-state index in [1.54, 1.807) is 10.9 Å². The minimum absolute atomic E-state index is 0.0423. The number of carboxylic acid groups (broad SMARTS) is 1. The number of nitrogens with one attached hydrogen (secondary N) is 2. The third-order valence-electron chi connectivity index (χ3n) is 3.00. The van der Waals surface area contributed by atoms with E-state index in [-0.39, 0.29) is 18.4 Å². The highest BCUT2D eigenvalue weighted by Gasteiger charge is 2.15. The lowest BCUT2D eigenvalue weighted by Crippen LogP contribution is -2.40. The van der Waals surface area contributed by atoms with Gasteiger partial charge in [-0.25, -0.2) is 4.79 Å². The second-order valence-corrected chi connectivity index (χ2v) is 5.50. The summed E-state index contributed by atoms with van der Waals surface area (Å²) in [4.78, 5) is 22.4. The van der Waals surface area contributed by atoms with Crippen molar-refractivity contribution in [3.05, 3.63) is 18.5 Å². The Morgan fingerprint density at radius 3 is 2.67 bits per heavy atom. The summed E-state index contributed by atoms with van der Waals surface area (Å²) in [7, 11) is 0. The second-order valence-electron chi connectivity index (χ2n) is 5.50. The summed E-state index contributed by atoms with van der Waals surface area (Å²) in [5.74, 6) is -0.472. The van der Waals surface area contributed by atoms with E-state index in [1.807, 2.05) is 26.1 Å².